The van der Waals surface area contributed by atoms with E-state index in [1.165, 1.54) is 11.6 Å². The molecule has 0 fully saturated rings. The summed E-state index contributed by atoms with van der Waals surface area (Å²) in [5.41, 5.74) is -0.810. The Labute approximate surface area is 210 Å². The third kappa shape index (κ3) is 5.62. The van der Waals surface area contributed by atoms with Crippen LogP contribution in [0.25, 0.3) is 11.2 Å². The highest BCUT2D eigenvalue weighted by Crippen LogP contribution is 2.32. The molecule has 0 aliphatic heterocycles. The summed E-state index contributed by atoms with van der Waals surface area (Å²) in [4.78, 5) is 30.4. The van der Waals surface area contributed by atoms with Crippen molar-refractivity contribution < 1.29 is 32.1 Å². The van der Waals surface area contributed by atoms with Gasteiger partial charge in [-0.05, 0) is 36.2 Å². The number of aromatic nitrogens is 4. The van der Waals surface area contributed by atoms with E-state index in [1.807, 2.05) is 0 Å². The van der Waals surface area contributed by atoms with Crippen molar-refractivity contribution in [2.75, 3.05) is 6.61 Å². The Balaban J connectivity index is 1.88. The highest BCUT2D eigenvalue weighted by Gasteiger charge is 2.32. The van der Waals surface area contributed by atoms with Crippen molar-refractivity contribution in [3.8, 4) is 17.5 Å². The Morgan fingerprint density at radius 3 is 2.43 bits per heavy atom. The van der Waals surface area contributed by atoms with Crippen molar-refractivity contribution in [2.24, 2.45) is 7.05 Å². The fourth-order valence-electron chi connectivity index (χ4n) is 3.63. The molecule has 2 aromatic carbocycles. The zero-order chi connectivity index (χ0) is 26.9. The first kappa shape index (κ1) is 26.2. The summed E-state index contributed by atoms with van der Waals surface area (Å²) in [6.45, 7) is -0.307. The summed E-state index contributed by atoms with van der Waals surface area (Å²) in [5, 5.41) is 9.63. The van der Waals surface area contributed by atoms with E-state index in [-0.39, 0.29) is 49.0 Å². The number of fused-ring (bicyclic) bond motifs is 1. The maximum atomic E-state index is 13.9. The van der Waals surface area contributed by atoms with E-state index in [2.05, 4.69) is 9.72 Å². The first-order valence-corrected chi connectivity index (χ1v) is 11.1. The maximum absolute atomic E-state index is 13.9. The number of hydrogen-bond donors (Lipinski definition) is 1. The minimum absolute atomic E-state index is 0.00352. The standard InChI is InChI=1S/C23H19ClF4N4O5/c1-30-19-18(20(34)31(22(30)35)9-2-10-33)32(12-13-3-5-14(24)6-4-13)21(29-19)36-15-7-8-16(25)17(11-15)37-23(26,27)28/h3-8,11,33H,2,9-10,12H2,1H3. The zero-order valence-corrected chi connectivity index (χ0v) is 19.9. The Bertz CT molecular complexity index is 1560. The Morgan fingerprint density at radius 1 is 1.08 bits per heavy atom. The average Bonchev–Trinajstić information content (AvgIpc) is 3.18. The van der Waals surface area contributed by atoms with Crippen molar-refractivity contribution in [3.05, 3.63) is 79.7 Å². The summed E-state index contributed by atoms with van der Waals surface area (Å²) in [7, 11) is 1.39. The molecule has 0 aliphatic rings. The minimum atomic E-state index is -5.14. The fourth-order valence-corrected chi connectivity index (χ4v) is 3.76. The summed E-state index contributed by atoms with van der Waals surface area (Å²) in [6.07, 6.45) is -4.99. The number of aliphatic hydroxyl groups excluding tert-OH is 1. The fraction of sp³-hybridized carbons (Fsp3) is 0.261. The lowest BCUT2D eigenvalue weighted by Crippen LogP contribution is -2.39. The molecule has 0 bridgehead atoms. The molecule has 4 aromatic rings. The van der Waals surface area contributed by atoms with E-state index in [0.717, 1.165) is 21.3 Å². The van der Waals surface area contributed by atoms with Crippen LogP contribution in [0.15, 0.2) is 52.1 Å². The predicted molar refractivity (Wildman–Crippen MR) is 125 cm³/mol. The van der Waals surface area contributed by atoms with Gasteiger partial charge in [0.1, 0.15) is 5.75 Å². The van der Waals surface area contributed by atoms with Gasteiger partial charge in [0.25, 0.3) is 5.56 Å². The number of aryl methyl sites for hydroxylation is 1. The molecule has 0 amide bonds. The first-order chi connectivity index (χ1) is 17.5. The zero-order valence-electron chi connectivity index (χ0n) is 19.1. The van der Waals surface area contributed by atoms with Crippen LogP contribution in [0.1, 0.15) is 12.0 Å². The van der Waals surface area contributed by atoms with E-state index in [4.69, 9.17) is 21.4 Å². The summed E-state index contributed by atoms with van der Waals surface area (Å²) >= 11 is 5.96. The Kier molecular flexibility index (Phi) is 7.28. The highest BCUT2D eigenvalue weighted by atomic mass is 35.5. The predicted octanol–water partition coefficient (Wildman–Crippen LogP) is 3.81. The first-order valence-electron chi connectivity index (χ1n) is 10.8. The molecular weight excluding hydrogens is 524 g/mol. The molecule has 9 nitrogen and oxygen atoms in total. The molecule has 0 aliphatic carbocycles. The molecule has 4 rings (SSSR count). The van der Waals surface area contributed by atoms with Crippen LogP contribution in [-0.4, -0.2) is 36.8 Å². The third-order valence-corrected chi connectivity index (χ3v) is 5.58. The number of aliphatic hydroxyl groups is 1. The lowest BCUT2D eigenvalue weighted by molar-refractivity contribution is -0.275. The van der Waals surface area contributed by atoms with Gasteiger partial charge in [-0.3, -0.25) is 18.5 Å². The summed E-state index contributed by atoms with van der Waals surface area (Å²) < 4.78 is 64.7. The maximum Gasteiger partial charge on any atom is 0.573 e. The monoisotopic (exact) mass is 542 g/mol. The van der Waals surface area contributed by atoms with Gasteiger partial charge in [-0.1, -0.05) is 23.7 Å². The number of halogens is 5. The van der Waals surface area contributed by atoms with Crippen LogP contribution in [-0.2, 0) is 20.1 Å². The molecular formula is C23H19ClF4N4O5. The molecule has 2 aromatic heterocycles. The largest absolute Gasteiger partial charge is 0.573 e. The quantitative estimate of drug-likeness (QED) is 0.340. The second-order valence-electron chi connectivity index (χ2n) is 7.90. The van der Waals surface area contributed by atoms with Crippen molar-refractivity contribution in [1.82, 2.24) is 18.7 Å². The van der Waals surface area contributed by atoms with Crippen molar-refractivity contribution in [1.29, 1.82) is 0 Å². The van der Waals surface area contributed by atoms with E-state index >= 15 is 0 Å². The molecule has 0 radical (unpaired) electrons. The second-order valence-corrected chi connectivity index (χ2v) is 8.33. The third-order valence-electron chi connectivity index (χ3n) is 5.33. The molecule has 14 heteroatoms. The number of imidazole rings is 1. The molecule has 2 heterocycles. The number of benzene rings is 2. The van der Waals surface area contributed by atoms with E-state index < -0.39 is 29.2 Å². The normalized spacial score (nSPS) is 11.8. The van der Waals surface area contributed by atoms with Crippen LogP contribution in [0.4, 0.5) is 17.6 Å². The Hall–Kier alpha value is -3.84. The molecule has 0 unspecified atom stereocenters. The lowest BCUT2D eigenvalue weighted by Gasteiger charge is -2.13. The number of alkyl halides is 3. The number of ether oxygens (including phenoxy) is 2. The van der Waals surface area contributed by atoms with Crippen molar-refractivity contribution in [3.63, 3.8) is 0 Å². The van der Waals surface area contributed by atoms with Gasteiger partial charge in [0.2, 0.25) is 0 Å². The SMILES string of the molecule is Cn1c(=O)n(CCCO)c(=O)c2c1nc(Oc1ccc(F)c(OC(F)(F)F)c1)n2Cc1ccc(Cl)cc1. The van der Waals surface area contributed by atoms with Crippen LogP contribution in [0.2, 0.25) is 5.02 Å². The number of rotatable bonds is 8. The smallest absolute Gasteiger partial charge is 0.425 e. The summed E-state index contributed by atoms with van der Waals surface area (Å²) in [6, 6.07) is 8.81. The van der Waals surface area contributed by atoms with Gasteiger partial charge in [-0.15, -0.1) is 13.2 Å². The van der Waals surface area contributed by atoms with Gasteiger partial charge in [-0.25, -0.2) is 9.18 Å². The molecule has 0 saturated heterocycles. The molecule has 37 heavy (non-hydrogen) atoms. The van der Waals surface area contributed by atoms with Crippen molar-refractivity contribution >= 4 is 22.8 Å². The van der Waals surface area contributed by atoms with Crippen LogP contribution >= 0.6 is 11.6 Å². The van der Waals surface area contributed by atoms with Crippen molar-refractivity contribution in [2.45, 2.75) is 25.9 Å². The van der Waals surface area contributed by atoms with E-state index in [1.54, 1.807) is 24.3 Å². The molecule has 196 valence electrons. The van der Waals surface area contributed by atoms with E-state index in [0.29, 0.717) is 16.7 Å². The molecule has 0 spiro atoms. The van der Waals surface area contributed by atoms with Crippen LogP contribution < -0.4 is 20.7 Å². The minimum Gasteiger partial charge on any atom is -0.425 e. The topological polar surface area (TPSA) is 101 Å². The Morgan fingerprint density at radius 2 is 1.78 bits per heavy atom. The number of nitrogens with zero attached hydrogens (tertiary/aromatic N) is 4. The van der Waals surface area contributed by atoms with Gasteiger partial charge >= 0.3 is 18.1 Å². The lowest BCUT2D eigenvalue weighted by atomic mass is 10.2. The van der Waals surface area contributed by atoms with Gasteiger partial charge in [0.15, 0.2) is 22.7 Å². The van der Waals surface area contributed by atoms with Crippen LogP contribution in [0.5, 0.6) is 17.5 Å². The average molecular weight is 543 g/mol. The van der Waals surface area contributed by atoms with Gasteiger partial charge < -0.3 is 14.6 Å². The molecule has 0 saturated carbocycles. The highest BCUT2D eigenvalue weighted by molar-refractivity contribution is 6.30. The van der Waals surface area contributed by atoms with Gasteiger partial charge in [-0.2, -0.15) is 4.98 Å². The molecule has 0 atom stereocenters. The van der Waals surface area contributed by atoms with Crippen LogP contribution in [0, 0.1) is 5.82 Å². The van der Waals surface area contributed by atoms with Gasteiger partial charge in [0, 0.05) is 31.3 Å². The number of hydrogen-bond acceptors (Lipinski definition) is 6. The van der Waals surface area contributed by atoms with E-state index in [9.17, 15) is 27.2 Å². The molecule has 1 N–H and O–H groups in total. The second kappa shape index (κ2) is 10.3. The summed E-state index contributed by atoms with van der Waals surface area (Å²) in [5.74, 6) is -2.66. The van der Waals surface area contributed by atoms with Gasteiger partial charge in [0.05, 0.1) is 6.54 Å². The van der Waals surface area contributed by atoms with Crippen LogP contribution in [0.3, 0.4) is 0 Å².